The van der Waals surface area contributed by atoms with E-state index < -0.39 is 8.32 Å². The number of nitrogens with zero attached hydrogens (tertiary/aromatic N) is 3. The summed E-state index contributed by atoms with van der Waals surface area (Å²) in [6.07, 6.45) is 7.94. The summed E-state index contributed by atoms with van der Waals surface area (Å²) in [5, 5.41) is 3.27. The predicted octanol–water partition coefficient (Wildman–Crippen LogP) is 11.0. The van der Waals surface area contributed by atoms with E-state index in [1.807, 2.05) is 12.1 Å². The molecule has 8 heteroatoms. The van der Waals surface area contributed by atoms with Crippen LogP contribution in [-0.4, -0.2) is 58.5 Å². The molecule has 1 unspecified atom stereocenters. The van der Waals surface area contributed by atoms with Crippen molar-refractivity contribution in [2.45, 2.75) is 89.3 Å². The number of para-hydroxylation sites is 1. The SMILES string of the molecule is CC(C)(C)[Si](C)(C)Oc1ccc2c(c1)CC[C@H](c1ccccc1)[C@@H]2c1ccc(OCCCCNC(=O)c2ccnc(N3CCC4(CCN(c5ccccc5)C4)C3)c2)cc1. The number of anilines is 2. The van der Waals surface area contributed by atoms with Gasteiger partial charge in [-0.3, -0.25) is 4.79 Å². The molecule has 4 aromatic carbocycles. The quantitative estimate of drug-likeness (QED) is 0.0944. The van der Waals surface area contributed by atoms with Gasteiger partial charge in [0.05, 0.1) is 6.61 Å². The number of hydrogen-bond acceptors (Lipinski definition) is 6. The maximum Gasteiger partial charge on any atom is 0.251 e. The molecule has 7 nitrogen and oxygen atoms in total. The van der Waals surface area contributed by atoms with E-state index in [-0.39, 0.29) is 22.3 Å². The number of aromatic nitrogens is 1. The summed E-state index contributed by atoms with van der Waals surface area (Å²) in [6, 6.07) is 41.1. The fraction of sp³-hybridized carbons (Fsp3) is 0.412. The van der Waals surface area contributed by atoms with Crippen LogP contribution in [0.1, 0.15) is 97.3 Å². The zero-order chi connectivity index (χ0) is 41.0. The van der Waals surface area contributed by atoms with Crippen LogP contribution in [0.2, 0.25) is 18.1 Å². The molecule has 308 valence electrons. The maximum absolute atomic E-state index is 13.2. The van der Waals surface area contributed by atoms with Crippen molar-refractivity contribution < 1.29 is 14.0 Å². The maximum atomic E-state index is 13.2. The number of benzene rings is 4. The largest absolute Gasteiger partial charge is 0.543 e. The Balaban J connectivity index is 0.826. The van der Waals surface area contributed by atoms with Crippen LogP contribution in [0.25, 0.3) is 0 Å². The van der Waals surface area contributed by atoms with Gasteiger partial charge in [0.15, 0.2) is 0 Å². The number of amides is 1. The molecule has 5 aromatic rings. The van der Waals surface area contributed by atoms with Crippen molar-refractivity contribution in [3.05, 3.63) is 149 Å². The molecular formula is C51H62N4O3Si. The van der Waals surface area contributed by atoms with Gasteiger partial charge in [-0.25, -0.2) is 4.98 Å². The molecule has 0 radical (unpaired) electrons. The highest BCUT2D eigenvalue weighted by atomic mass is 28.4. The van der Waals surface area contributed by atoms with E-state index in [1.165, 1.54) is 34.4 Å². The summed E-state index contributed by atoms with van der Waals surface area (Å²) in [6.45, 7) is 16.8. The Hall–Kier alpha value is -5.08. The van der Waals surface area contributed by atoms with Gasteiger partial charge in [0, 0.05) is 61.5 Å². The Morgan fingerprint density at radius 3 is 2.25 bits per heavy atom. The lowest BCUT2D eigenvalue weighted by Crippen LogP contribution is -2.43. The standard InChI is InChI=1S/C51H62N4O3Si/c1-50(2,3)59(4,5)58-44-23-25-46-40(34-44)20-24-45(38-14-8-6-9-15-38)48(46)39-18-21-43(22-19-39)57-33-13-12-29-53-49(56)41-26-30-52-47(35-41)55-32-28-51(37-55)27-31-54(36-51)42-16-10-7-11-17-42/h6-11,14-19,21-23,25-26,30,34-35,45,48H,12-13,20,24,27-29,31-33,36-37H2,1-5H3,(H,53,56)/t45-,48+,51?/m1/s1. The van der Waals surface area contributed by atoms with Crippen molar-refractivity contribution in [2.24, 2.45) is 5.41 Å². The smallest absolute Gasteiger partial charge is 0.251 e. The zero-order valence-electron chi connectivity index (χ0n) is 35.8. The molecule has 2 fully saturated rings. The number of unbranched alkanes of at least 4 members (excludes halogenated alkanes) is 1. The molecule has 1 aromatic heterocycles. The number of rotatable bonds is 13. The Morgan fingerprint density at radius 1 is 0.814 bits per heavy atom. The van der Waals surface area contributed by atoms with Gasteiger partial charge in [-0.2, -0.15) is 0 Å². The van der Waals surface area contributed by atoms with Crippen molar-refractivity contribution >= 4 is 25.7 Å². The third-order valence-electron chi connectivity index (χ3n) is 13.7. The lowest BCUT2D eigenvalue weighted by molar-refractivity contribution is 0.0952. The summed E-state index contributed by atoms with van der Waals surface area (Å²) in [5.74, 6) is 3.38. The van der Waals surface area contributed by atoms with Gasteiger partial charge in [-0.1, -0.05) is 87.5 Å². The third-order valence-corrected chi connectivity index (χ3v) is 18.0. The number of nitrogens with one attached hydrogen (secondary N) is 1. The lowest BCUT2D eigenvalue weighted by Gasteiger charge is -2.38. The van der Waals surface area contributed by atoms with E-state index in [0.717, 1.165) is 75.6 Å². The number of pyridine rings is 1. The number of fused-ring (bicyclic) bond motifs is 1. The van der Waals surface area contributed by atoms with Crippen LogP contribution in [0.4, 0.5) is 11.5 Å². The Labute approximate surface area is 353 Å². The summed E-state index contributed by atoms with van der Waals surface area (Å²) in [4.78, 5) is 22.7. The van der Waals surface area contributed by atoms with Gasteiger partial charge in [0.25, 0.3) is 5.91 Å². The van der Waals surface area contributed by atoms with Crippen LogP contribution < -0.4 is 24.3 Å². The summed E-state index contributed by atoms with van der Waals surface area (Å²) >= 11 is 0. The first-order valence-corrected chi connectivity index (χ1v) is 24.8. The molecule has 3 atom stereocenters. The summed E-state index contributed by atoms with van der Waals surface area (Å²) in [5.41, 5.74) is 7.75. The van der Waals surface area contributed by atoms with Crippen molar-refractivity contribution in [1.82, 2.24) is 10.3 Å². The molecule has 2 saturated heterocycles. The average Bonchev–Trinajstić information content (AvgIpc) is 3.88. The van der Waals surface area contributed by atoms with E-state index in [0.29, 0.717) is 24.6 Å². The minimum Gasteiger partial charge on any atom is -0.543 e. The van der Waals surface area contributed by atoms with Crippen LogP contribution in [0.5, 0.6) is 11.5 Å². The number of hydrogen-bond donors (Lipinski definition) is 1. The summed E-state index contributed by atoms with van der Waals surface area (Å²) in [7, 11) is -1.94. The second kappa shape index (κ2) is 17.3. The Bertz CT molecular complexity index is 2190. The molecular weight excluding hydrogens is 745 g/mol. The van der Waals surface area contributed by atoms with Gasteiger partial charge < -0.3 is 24.3 Å². The van der Waals surface area contributed by atoms with Gasteiger partial charge >= 0.3 is 0 Å². The van der Waals surface area contributed by atoms with Crippen molar-refractivity contribution in [3.63, 3.8) is 0 Å². The molecule has 1 spiro atoms. The van der Waals surface area contributed by atoms with Crippen molar-refractivity contribution in [3.8, 4) is 11.5 Å². The van der Waals surface area contributed by atoms with Crippen LogP contribution in [0.15, 0.2) is 121 Å². The molecule has 0 bridgehead atoms. The minimum atomic E-state index is -1.94. The number of ether oxygens (including phenoxy) is 1. The topological polar surface area (TPSA) is 66.9 Å². The van der Waals surface area contributed by atoms with Crippen molar-refractivity contribution in [1.29, 1.82) is 0 Å². The number of carbonyl (C=O) groups is 1. The average molecular weight is 807 g/mol. The predicted molar refractivity (Wildman–Crippen MR) is 244 cm³/mol. The molecule has 0 saturated carbocycles. The molecule has 3 heterocycles. The first-order chi connectivity index (χ1) is 28.5. The molecule has 1 amide bonds. The van der Waals surface area contributed by atoms with E-state index in [2.05, 4.69) is 157 Å². The fourth-order valence-corrected chi connectivity index (χ4v) is 10.3. The molecule has 3 aliphatic rings. The minimum absolute atomic E-state index is 0.0485. The zero-order valence-corrected chi connectivity index (χ0v) is 36.8. The Kier molecular flexibility index (Phi) is 11.9. The first kappa shape index (κ1) is 40.7. The monoisotopic (exact) mass is 806 g/mol. The van der Waals surface area contributed by atoms with Gasteiger partial charge in [-0.15, -0.1) is 0 Å². The van der Waals surface area contributed by atoms with Crippen LogP contribution in [0.3, 0.4) is 0 Å². The molecule has 2 aliphatic heterocycles. The highest BCUT2D eigenvalue weighted by Crippen LogP contribution is 2.48. The lowest BCUT2D eigenvalue weighted by atomic mass is 9.69. The third kappa shape index (κ3) is 9.23. The molecule has 8 rings (SSSR count). The molecule has 1 aliphatic carbocycles. The normalized spacial score (nSPS) is 20.4. The van der Waals surface area contributed by atoms with E-state index >= 15 is 0 Å². The summed E-state index contributed by atoms with van der Waals surface area (Å²) < 4.78 is 13.0. The second-order valence-electron chi connectivity index (χ2n) is 18.7. The van der Waals surface area contributed by atoms with Crippen LogP contribution in [-0.2, 0) is 6.42 Å². The number of carbonyl (C=O) groups excluding carboxylic acids is 1. The van der Waals surface area contributed by atoms with E-state index in [4.69, 9.17) is 9.16 Å². The van der Waals surface area contributed by atoms with Crippen LogP contribution >= 0.6 is 0 Å². The van der Waals surface area contributed by atoms with Crippen molar-refractivity contribution in [2.75, 3.05) is 49.1 Å². The highest BCUT2D eigenvalue weighted by molar-refractivity contribution is 6.74. The van der Waals surface area contributed by atoms with Gasteiger partial charge in [0.2, 0.25) is 8.32 Å². The van der Waals surface area contributed by atoms with Gasteiger partial charge in [0.1, 0.15) is 17.3 Å². The van der Waals surface area contributed by atoms with E-state index in [9.17, 15) is 4.79 Å². The molecule has 1 N–H and O–H groups in total. The second-order valence-corrected chi connectivity index (χ2v) is 23.4. The van der Waals surface area contributed by atoms with E-state index in [1.54, 1.807) is 6.20 Å². The Morgan fingerprint density at radius 2 is 1.51 bits per heavy atom. The highest BCUT2D eigenvalue weighted by Gasteiger charge is 2.44. The fourth-order valence-electron chi connectivity index (χ4n) is 9.26. The van der Waals surface area contributed by atoms with Gasteiger partial charge in [-0.05, 0) is 133 Å². The number of aryl methyl sites for hydroxylation is 1. The first-order valence-electron chi connectivity index (χ1n) is 21.9. The van der Waals surface area contributed by atoms with Crippen LogP contribution in [0, 0.1) is 5.41 Å². The molecule has 59 heavy (non-hydrogen) atoms.